The molecule has 0 N–H and O–H groups in total. The standard InChI is InChI=1S/C22H25NO/c1-2-22(24)16-18-12-14-23(15-13-18)17-19-8-10-21(11-9-19)20-6-4-3-5-7-20/h2-11,18H,1,12-17H2. The fourth-order valence-electron chi connectivity index (χ4n) is 3.41. The van der Waals surface area contributed by atoms with Crippen LogP contribution in [0.1, 0.15) is 24.8 Å². The topological polar surface area (TPSA) is 20.3 Å². The van der Waals surface area contributed by atoms with Crippen LogP contribution in [0.4, 0.5) is 0 Å². The maximum absolute atomic E-state index is 11.5. The number of hydrogen-bond acceptors (Lipinski definition) is 2. The molecular formula is C22H25NO. The van der Waals surface area contributed by atoms with E-state index in [1.54, 1.807) is 0 Å². The second kappa shape index (κ2) is 8.07. The van der Waals surface area contributed by atoms with Crippen LogP contribution in [0.5, 0.6) is 0 Å². The van der Waals surface area contributed by atoms with Gasteiger partial charge in [0.1, 0.15) is 0 Å². The summed E-state index contributed by atoms with van der Waals surface area (Å²) in [5.74, 6) is 0.720. The third-order valence-electron chi connectivity index (χ3n) is 4.89. The lowest BCUT2D eigenvalue weighted by Crippen LogP contribution is -2.33. The number of ketones is 1. The lowest BCUT2D eigenvalue weighted by atomic mass is 9.91. The normalized spacial score (nSPS) is 16.0. The molecule has 0 spiro atoms. The molecule has 1 heterocycles. The number of carbonyl (C=O) groups excluding carboxylic acids is 1. The molecule has 2 aromatic rings. The Morgan fingerprint density at radius 3 is 2.25 bits per heavy atom. The molecule has 2 nitrogen and oxygen atoms in total. The number of nitrogens with zero attached hydrogens (tertiary/aromatic N) is 1. The lowest BCUT2D eigenvalue weighted by molar-refractivity contribution is -0.115. The monoisotopic (exact) mass is 319 g/mol. The zero-order valence-corrected chi connectivity index (χ0v) is 14.2. The average Bonchev–Trinajstić information content (AvgIpc) is 2.64. The summed E-state index contributed by atoms with van der Waals surface area (Å²) in [5, 5.41) is 0. The van der Waals surface area contributed by atoms with Gasteiger partial charge in [-0.1, -0.05) is 61.2 Å². The first kappa shape index (κ1) is 16.7. The maximum atomic E-state index is 11.5. The second-order valence-electron chi connectivity index (χ2n) is 6.66. The van der Waals surface area contributed by atoms with E-state index < -0.39 is 0 Å². The van der Waals surface area contributed by atoms with Gasteiger partial charge in [0.2, 0.25) is 0 Å². The van der Waals surface area contributed by atoms with Crippen molar-refractivity contribution < 1.29 is 4.79 Å². The molecule has 1 saturated heterocycles. The zero-order valence-electron chi connectivity index (χ0n) is 14.2. The summed E-state index contributed by atoms with van der Waals surface area (Å²) in [4.78, 5) is 14.0. The van der Waals surface area contributed by atoms with Gasteiger partial charge in [-0.2, -0.15) is 0 Å². The zero-order chi connectivity index (χ0) is 16.8. The van der Waals surface area contributed by atoms with E-state index in [4.69, 9.17) is 0 Å². The minimum Gasteiger partial charge on any atom is -0.299 e. The van der Waals surface area contributed by atoms with Crippen LogP contribution in [0, 0.1) is 5.92 Å². The molecule has 24 heavy (non-hydrogen) atoms. The molecule has 2 heteroatoms. The summed E-state index contributed by atoms with van der Waals surface area (Å²) in [6.45, 7) is 6.72. The summed E-state index contributed by atoms with van der Waals surface area (Å²) in [6.07, 6.45) is 4.35. The fourth-order valence-corrected chi connectivity index (χ4v) is 3.41. The summed E-state index contributed by atoms with van der Waals surface area (Å²) < 4.78 is 0. The minimum absolute atomic E-state index is 0.185. The molecule has 0 unspecified atom stereocenters. The maximum Gasteiger partial charge on any atom is 0.155 e. The van der Waals surface area contributed by atoms with Crippen LogP contribution in [-0.4, -0.2) is 23.8 Å². The van der Waals surface area contributed by atoms with E-state index in [2.05, 4.69) is 60.0 Å². The molecule has 0 radical (unpaired) electrons. The minimum atomic E-state index is 0.185. The van der Waals surface area contributed by atoms with Gasteiger partial charge >= 0.3 is 0 Å². The Bertz CT molecular complexity index is 667. The second-order valence-corrected chi connectivity index (χ2v) is 6.66. The van der Waals surface area contributed by atoms with Crippen molar-refractivity contribution in [2.45, 2.75) is 25.8 Å². The first-order valence-corrected chi connectivity index (χ1v) is 8.76. The van der Waals surface area contributed by atoms with Gasteiger partial charge < -0.3 is 0 Å². The molecule has 0 aliphatic carbocycles. The van der Waals surface area contributed by atoms with E-state index in [9.17, 15) is 4.79 Å². The molecule has 2 aromatic carbocycles. The quantitative estimate of drug-likeness (QED) is 0.719. The number of likely N-dealkylation sites (tertiary alicyclic amines) is 1. The van der Waals surface area contributed by atoms with E-state index in [1.807, 2.05) is 6.07 Å². The summed E-state index contributed by atoms with van der Waals surface area (Å²) >= 11 is 0. The first-order valence-electron chi connectivity index (χ1n) is 8.76. The fraction of sp³-hybridized carbons (Fsp3) is 0.318. The van der Waals surface area contributed by atoms with Gasteiger partial charge in [-0.15, -0.1) is 0 Å². The molecule has 0 aromatic heterocycles. The molecule has 0 saturated carbocycles. The summed E-state index contributed by atoms with van der Waals surface area (Å²) in [6, 6.07) is 19.4. The smallest absolute Gasteiger partial charge is 0.155 e. The largest absolute Gasteiger partial charge is 0.299 e. The highest BCUT2D eigenvalue weighted by atomic mass is 16.1. The van der Waals surface area contributed by atoms with Crippen molar-refractivity contribution in [1.29, 1.82) is 0 Å². The van der Waals surface area contributed by atoms with Crippen LogP contribution in [0.25, 0.3) is 11.1 Å². The highest BCUT2D eigenvalue weighted by Gasteiger charge is 2.20. The SMILES string of the molecule is C=CC(=O)CC1CCN(Cc2ccc(-c3ccccc3)cc2)CC1. The number of benzene rings is 2. The third-order valence-corrected chi connectivity index (χ3v) is 4.89. The molecule has 0 amide bonds. The lowest BCUT2D eigenvalue weighted by Gasteiger charge is -2.31. The van der Waals surface area contributed by atoms with Gasteiger partial charge in [0.05, 0.1) is 0 Å². The Labute approximate surface area is 144 Å². The van der Waals surface area contributed by atoms with Crippen molar-refractivity contribution in [3.8, 4) is 11.1 Å². The number of rotatable bonds is 6. The van der Waals surface area contributed by atoms with Gasteiger partial charge in [-0.25, -0.2) is 0 Å². The van der Waals surface area contributed by atoms with Gasteiger partial charge in [-0.3, -0.25) is 9.69 Å². The number of carbonyl (C=O) groups is 1. The average molecular weight is 319 g/mol. The van der Waals surface area contributed by atoms with Crippen LogP contribution in [0.2, 0.25) is 0 Å². The molecule has 0 atom stereocenters. The molecule has 124 valence electrons. The molecule has 1 aliphatic heterocycles. The summed E-state index contributed by atoms with van der Waals surface area (Å²) in [5.41, 5.74) is 3.88. The Balaban J connectivity index is 1.52. The van der Waals surface area contributed by atoms with E-state index in [-0.39, 0.29) is 5.78 Å². The van der Waals surface area contributed by atoms with Crippen LogP contribution < -0.4 is 0 Å². The van der Waals surface area contributed by atoms with Crippen molar-refractivity contribution >= 4 is 5.78 Å². The number of allylic oxidation sites excluding steroid dienone is 1. The molecule has 1 fully saturated rings. The Morgan fingerprint density at radius 1 is 1.00 bits per heavy atom. The Hall–Kier alpha value is -2.19. The van der Waals surface area contributed by atoms with Gasteiger partial charge in [0.25, 0.3) is 0 Å². The summed E-state index contributed by atoms with van der Waals surface area (Å²) in [7, 11) is 0. The van der Waals surface area contributed by atoms with Crippen LogP contribution in [0.15, 0.2) is 67.3 Å². The van der Waals surface area contributed by atoms with E-state index in [0.717, 1.165) is 32.5 Å². The van der Waals surface area contributed by atoms with Crippen molar-refractivity contribution in [1.82, 2.24) is 4.90 Å². The van der Waals surface area contributed by atoms with E-state index >= 15 is 0 Å². The van der Waals surface area contributed by atoms with Crippen molar-refractivity contribution in [3.63, 3.8) is 0 Å². The van der Waals surface area contributed by atoms with Crippen molar-refractivity contribution in [2.75, 3.05) is 13.1 Å². The van der Waals surface area contributed by atoms with Crippen molar-refractivity contribution in [2.24, 2.45) is 5.92 Å². The highest BCUT2D eigenvalue weighted by molar-refractivity contribution is 5.89. The Kier molecular flexibility index (Phi) is 5.60. The number of hydrogen-bond donors (Lipinski definition) is 0. The first-order chi connectivity index (χ1) is 11.7. The third kappa shape index (κ3) is 4.42. The van der Waals surface area contributed by atoms with Crippen molar-refractivity contribution in [3.05, 3.63) is 72.8 Å². The van der Waals surface area contributed by atoms with E-state index in [1.165, 1.54) is 22.8 Å². The van der Waals surface area contributed by atoms with Gasteiger partial charge in [-0.05, 0) is 54.6 Å². The number of piperidine rings is 1. The highest BCUT2D eigenvalue weighted by Crippen LogP contribution is 2.23. The molecule has 0 bridgehead atoms. The predicted octanol–water partition coefficient (Wildman–Crippen LogP) is 4.71. The molecule has 3 rings (SSSR count). The Morgan fingerprint density at radius 2 is 1.62 bits per heavy atom. The van der Waals surface area contributed by atoms with E-state index in [0.29, 0.717) is 12.3 Å². The van der Waals surface area contributed by atoms with Crippen LogP contribution in [0.3, 0.4) is 0 Å². The van der Waals surface area contributed by atoms with Crippen LogP contribution in [-0.2, 0) is 11.3 Å². The van der Waals surface area contributed by atoms with Gasteiger partial charge in [0.15, 0.2) is 5.78 Å². The molecule has 1 aliphatic rings. The van der Waals surface area contributed by atoms with Crippen LogP contribution >= 0.6 is 0 Å². The van der Waals surface area contributed by atoms with Gasteiger partial charge in [0, 0.05) is 13.0 Å². The predicted molar refractivity (Wildman–Crippen MR) is 99.7 cm³/mol. The molecular weight excluding hydrogens is 294 g/mol.